The van der Waals surface area contributed by atoms with E-state index in [1.807, 2.05) is 0 Å². The molecule has 116 valence electrons. The summed E-state index contributed by atoms with van der Waals surface area (Å²) in [6.45, 7) is 6.18. The molecular weight excluding hydrogens is 292 g/mol. The fourth-order valence-corrected chi connectivity index (χ4v) is 3.27. The number of ketones is 1. The molecule has 0 radical (unpaired) electrons. The van der Waals surface area contributed by atoms with E-state index in [9.17, 15) is 9.59 Å². The van der Waals surface area contributed by atoms with E-state index in [2.05, 4.69) is 10.2 Å². The number of nitrogens with two attached hydrogens (primary N) is 2. The van der Waals surface area contributed by atoms with Crippen molar-refractivity contribution in [3.63, 3.8) is 0 Å². The number of hydrogen-bond acceptors (Lipinski definition) is 7. The zero-order chi connectivity index (χ0) is 15.4. The summed E-state index contributed by atoms with van der Waals surface area (Å²) in [5.41, 5.74) is 11.6. The highest BCUT2D eigenvalue weighted by Crippen LogP contribution is 2.35. The number of rotatable bonds is 6. The summed E-state index contributed by atoms with van der Waals surface area (Å²) in [5.74, 6) is -0.786. The number of morpholine rings is 1. The highest BCUT2D eigenvalue weighted by molar-refractivity contribution is 7.19. The maximum absolute atomic E-state index is 11.5. The molecule has 1 aliphatic heterocycles. The molecule has 8 heteroatoms. The largest absolute Gasteiger partial charge is 0.397 e. The van der Waals surface area contributed by atoms with Gasteiger partial charge in [0, 0.05) is 33.1 Å². The number of nitrogens with zero attached hydrogens (tertiary/aromatic N) is 1. The molecule has 0 bridgehead atoms. The van der Waals surface area contributed by atoms with Gasteiger partial charge in [0.05, 0.1) is 29.3 Å². The molecule has 0 unspecified atom stereocenters. The maximum Gasteiger partial charge on any atom is 0.253 e. The third-order valence-electron chi connectivity index (χ3n) is 3.33. The lowest BCUT2D eigenvalue weighted by Gasteiger charge is -2.26. The van der Waals surface area contributed by atoms with Crippen LogP contribution in [0.5, 0.6) is 0 Å². The van der Waals surface area contributed by atoms with Crippen molar-refractivity contribution in [2.45, 2.75) is 6.92 Å². The van der Waals surface area contributed by atoms with Crippen LogP contribution >= 0.6 is 11.3 Å². The second-order valence-corrected chi connectivity index (χ2v) is 5.87. The van der Waals surface area contributed by atoms with Crippen LogP contribution in [0.4, 0.5) is 10.7 Å². The van der Waals surface area contributed by atoms with Crippen molar-refractivity contribution >= 4 is 33.7 Å². The fraction of sp³-hybridized carbons (Fsp3) is 0.538. The first-order chi connectivity index (χ1) is 10.0. The second kappa shape index (κ2) is 6.88. The van der Waals surface area contributed by atoms with E-state index >= 15 is 0 Å². The third kappa shape index (κ3) is 3.72. The molecular formula is C13H20N4O3S. The van der Waals surface area contributed by atoms with Crippen molar-refractivity contribution in [1.29, 1.82) is 0 Å². The van der Waals surface area contributed by atoms with Gasteiger partial charge in [0.25, 0.3) is 5.91 Å². The minimum absolute atomic E-state index is 0.166. The van der Waals surface area contributed by atoms with Crippen LogP contribution in [-0.4, -0.2) is 56.0 Å². The number of Topliss-reactive ketones (excluding diaryl/α,β-unsaturated/α-hetero) is 1. The molecule has 2 rings (SSSR count). The lowest BCUT2D eigenvalue weighted by atomic mass is 10.2. The van der Waals surface area contributed by atoms with Crippen molar-refractivity contribution in [2.24, 2.45) is 5.73 Å². The lowest BCUT2D eigenvalue weighted by molar-refractivity contribution is 0.0398. The van der Waals surface area contributed by atoms with Gasteiger partial charge in [-0.3, -0.25) is 14.5 Å². The number of amides is 1. The van der Waals surface area contributed by atoms with Crippen molar-refractivity contribution < 1.29 is 14.3 Å². The Labute approximate surface area is 127 Å². The second-order valence-electron chi connectivity index (χ2n) is 4.85. The van der Waals surface area contributed by atoms with Gasteiger partial charge >= 0.3 is 0 Å². The molecule has 1 saturated heterocycles. The van der Waals surface area contributed by atoms with Crippen LogP contribution < -0.4 is 16.8 Å². The molecule has 5 N–H and O–H groups in total. The van der Waals surface area contributed by atoms with Gasteiger partial charge in [-0.25, -0.2) is 0 Å². The Kier molecular flexibility index (Phi) is 5.16. The van der Waals surface area contributed by atoms with Gasteiger partial charge in [-0.15, -0.1) is 11.3 Å². The summed E-state index contributed by atoms with van der Waals surface area (Å²) in [5, 5.41) is 3.73. The Hall–Kier alpha value is -1.64. The average molecular weight is 312 g/mol. The number of primary amides is 1. The summed E-state index contributed by atoms with van der Waals surface area (Å²) < 4.78 is 5.29. The summed E-state index contributed by atoms with van der Waals surface area (Å²) in [6, 6.07) is 0. The molecule has 0 saturated carbocycles. The van der Waals surface area contributed by atoms with Crippen molar-refractivity contribution in [3.8, 4) is 0 Å². The quantitative estimate of drug-likeness (QED) is 0.655. The Balaban J connectivity index is 2.03. The zero-order valence-corrected chi connectivity index (χ0v) is 12.8. The number of carbonyl (C=O) groups excluding carboxylic acids is 2. The van der Waals surface area contributed by atoms with E-state index in [-0.39, 0.29) is 17.0 Å². The van der Waals surface area contributed by atoms with E-state index < -0.39 is 5.91 Å². The standard InChI is InChI=1S/C13H20N4O3S/c1-8(18)11-10(14)9(12(15)19)13(21-11)16-2-3-17-4-6-20-7-5-17/h16H,2-7,14H2,1H3,(H2,15,19). The Morgan fingerprint density at radius 2 is 2.05 bits per heavy atom. The summed E-state index contributed by atoms with van der Waals surface area (Å²) in [7, 11) is 0. The summed E-state index contributed by atoms with van der Waals surface area (Å²) in [4.78, 5) is 25.7. The third-order valence-corrected chi connectivity index (χ3v) is 4.59. The lowest BCUT2D eigenvalue weighted by Crippen LogP contribution is -2.39. The molecule has 1 fully saturated rings. The molecule has 1 aliphatic rings. The molecule has 0 spiro atoms. The SMILES string of the molecule is CC(=O)c1sc(NCCN2CCOCC2)c(C(N)=O)c1N. The first-order valence-electron chi connectivity index (χ1n) is 6.77. The van der Waals surface area contributed by atoms with Crippen LogP contribution in [0.2, 0.25) is 0 Å². The first kappa shape index (κ1) is 15.7. The van der Waals surface area contributed by atoms with Crippen LogP contribution in [-0.2, 0) is 4.74 Å². The smallest absolute Gasteiger partial charge is 0.253 e. The van der Waals surface area contributed by atoms with E-state index in [0.29, 0.717) is 16.4 Å². The van der Waals surface area contributed by atoms with Crippen molar-refractivity contribution in [2.75, 3.05) is 50.4 Å². The Morgan fingerprint density at radius 3 is 2.62 bits per heavy atom. The van der Waals surface area contributed by atoms with Gasteiger partial charge in [-0.1, -0.05) is 0 Å². The van der Waals surface area contributed by atoms with E-state index in [0.717, 1.165) is 32.8 Å². The fourth-order valence-electron chi connectivity index (χ4n) is 2.23. The van der Waals surface area contributed by atoms with Gasteiger partial charge in [0.15, 0.2) is 5.78 Å². The van der Waals surface area contributed by atoms with Crippen molar-refractivity contribution in [1.82, 2.24) is 4.90 Å². The average Bonchev–Trinajstić information content (AvgIpc) is 2.77. The first-order valence-corrected chi connectivity index (χ1v) is 7.59. The van der Waals surface area contributed by atoms with Crippen molar-refractivity contribution in [3.05, 3.63) is 10.4 Å². The van der Waals surface area contributed by atoms with Gasteiger partial charge in [0.2, 0.25) is 0 Å². The molecule has 1 aromatic heterocycles. The molecule has 1 amide bonds. The summed E-state index contributed by atoms with van der Waals surface area (Å²) in [6.07, 6.45) is 0. The minimum atomic E-state index is -0.620. The van der Waals surface area contributed by atoms with E-state index in [4.69, 9.17) is 16.2 Å². The zero-order valence-electron chi connectivity index (χ0n) is 12.0. The number of nitrogen functional groups attached to an aromatic ring is 1. The number of hydrogen-bond donors (Lipinski definition) is 3. The minimum Gasteiger partial charge on any atom is -0.397 e. The maximum atomic E-state index is 11.5. The van der Waals surface area contributed by atoms with Crippen LogP contribution in [0, 0.1) is 0 Å². The molecule has 0 aliphatic carbocycles. The van der Waals surface area contributed by atoms with Crippen LogP contribution in [0.25, 0.3) is 0 Å². The molecule has 2 heterocycles. The normalized spacial score (nSPS) is 15.9. The molecule has 1 aromatic rings. The van der Waals surface area contributed by atoms with Gasteiger partial charge < -0.3 is 21.5 Å². The predicted octanol–water partition coefficient (Wildman–Crippen LogP) is 0.376. The number of ether oxygens (including phenoxy) is 1. The highest BCUT2D eigenvalue weighted by Gasteiger charge is 2.22. The van der Waals surface area contributed by atoms with Crippen LogP contribution in [0.3, 0.4) is 0 Å². The van der Waals surface area contributed by atoms with Crippen LogP contribution in [0.15, 0.2) is 0 Å². The topological polar surface area (TPSA) is 111 Å². The summed E-state index contributed by atoms with van der Waals surface area (Å²) >= 11 is 1.18. The van der Waals surface area contributed by atoms with E-state index in [1.54, 1.807) is 0 Å². The van der Waals surface area contributed by atoms with Crippen LogP contribution in [0.1, 0.15) is 27.0 Å². The van der Waals surface area contributed by atoms with Gasteiger partial charge in [-0.2, -0.15) is 0 Å². The highest BCUT2D eigenvalue weighted by atomic mass is 32.1. The number of nitrogens with one attached hydrogen (secondary N) is 1. The molecule has 21 heavy (non-hydrogen) atoms. The predicted molar refractivity (Wildman–Crippen MR) is 83.0 cm³/mol. The van der Waals surface area contributed by atoms with E-state index in [1.165, 1.54) is 18.3 Å². The Morgan fingerprint density at radius 1 is 1.38 bits per heavy atom. The number of anilines is 2. The molecule has 7 nitrogen and oxygen atoms in total. The monoisotopic (exact) mass is 312 g/mol. The molecule has 0 aromatic carbocycles. The van der Waals surface area contributed by atoms with Gasteiger partial charge in [0.1, 0.15) is 5.00 Å². The Bertz CT molecular complexity index is 538. The number of carbonyl (C=O) groups is 2. The molecule has 0 atom stereocenters. The van der Waals surface area contributed by atoms with Gasteiger partial charge in [-0.05, 0) is 0 Å². The number of thiophene rings is 1.